The van der Waals surface area contributed by atoms with Gasteiger partial charge >= 0.3 is 0 Å². The highest BCUT2D eigenvalue weighted by atomic mass is 16.5. The minimum atomic E-state index is 0.288. The first-order chi connectivity index (χ1) is 11.7. The van der Waals surface area contributed by atoms with Crippen molar-refractivity contribution < 1.29 is 4.52 Å². The van der Waals surface area contributed by atoms with Crippen LogP contribution in [-0.2, 0) is 13.0 Å². The minimum Gasteiger partial charge on any atom is -0.355 e. The Balaban J connectivity index is 1.59. The molecule has 0 unspecified atom stereocenters. The maximum absolute atomic E-state index is 5.41. The maximum atomic E-state index is 5.41. The molecule has 2 aromatic heterocycles. The lowest BCUT2D eigenvalue weighted by Gasteiger charge is -2.35. The Morgan fingerprint density at radius 2 is 2.21 bits per heavy atom. The Hall–Kier alpha value is -2.02. The van der Waals surface area contributed by atoms with Crippen molar-refractivity contribution in [1.82, 2.24) is 25.0 Å². The predicted molar refractivity (Wildman–Crippen MR) is 89.9 cm³/mol. The summed E-state index contributed by atoms with van der Waals surface area (Å²) in [6.45, 7) is 9.10. The van der Waals surface area contributed by atoms with E-state index >= 15 is 0 Å². The van der Waals surface area contributed by atoms with Crippen LogP contribution in [0.2, 0.25) is 0 Å². The Labute approximate surface area is 142 Å². The van der Waals surface area contributed by atoms with Gasteiger partial charge in [0.2, 0.25) is 5.89 Å². The average molecular weight is 328 g/mol. The molecule has 2 aliphatic rings. The highest BCUT2D eigenvalue weighted by Crippen LogP contribution is 2.32. The summed E-state index contributed by atoms with van der Waals surface area (Å²) in [5.74, 6) is 2.85. The largest absolute Gasteiger partial charge is 0.355 e. The summed E-state index contributed by atoms with van der Waals surface area (Å²) in [6.07, 6.45) is 4.93. The summed E-state index contributed by atoms with van der Waals surface area (Å²) in [5, 5.41) is 3.94. The monoisotopic (exact) mass is 328 g/mol. The smallest absolute Gasteiger partial charge is 0.231 e. The van der Waals surface area contributed by atoms with Gasteiger partial charge in [-0.25, -0.2) is 9.97 Å². The van der Waals surface area contributed by atoms with Gasteiger partial charge in [0.25, 0.3) is 0 Å². The van der Waals surface area contributed by atoms with E-state index in [1.165, 1.54) is 11.3 Å². The molecule has 0 N–H and O–H groups in total. The van der Waals surface area contributed by atoms with Gasteiger partial charge in [-0.1, -0.05) is 12.1 Å². The minimum absolute atomic E-state index is 0.288. The molecule has 7 heteroatoms. The second-order valence-corrected chi connectivity index (χ2v) is 6.71. The van der Waals surface area contributed by atoms with Crippen LogP contribution < -0.4 is 4.90 Å². The van der Waals surface area contributed by atoms with E-state index in [2.05, 4.69) is 36.8 Å². The number of hydrogen-bond acceptors (Lipinski definition) is 7. The molecule has 0 saturated carbocycles. The van der Waals surface area contributed by atoms with E-state index in [0.717, 1.165) is 63.7 Å². The van der Waals surface area contributed by atoms with Gasteiger partial charge < -0.3 is 9.42 Å². The molecule has 128 valence electrons. The molecule has 7 nitrogen and oxygen atoms in total. The molecular weight excluding hydrogens is 304 g/mol. The van der Waals surface area contributed by atoms with Crippen LogP contribution >= 0.6 is 0 Å². The molecule has 24 heavy (non-hydrogen) atoms. The summed E-state index contributed by atoms with van der Waals surface area (Å²) < 4.78 is 5.41. The van der Waals surface area contributed by atoms with Crippen LogP contribution in [-0.4, -0.2) is 51.2 Å². The van der Waals surface area contributed by atoms with E-state index in [1.54, 1.807) is 6.33 Å². The molecule has 0 aliphatic carbocycles. The molecule has 4 rings (SSSR count). The van der Waals surface area contributed by atoms with E-state index in [1.807, 2.05) is 6.92 Å². The first kappa shape index (κ1) is 15.5. The second-order valence-electron chi connectivity index (χ2n) is 6.71. The first-order valence-electron chi connectivity index (χ1n) is 8.85. The topological polar surface area (TPSA) is 71.2 Å². The van der Waals surface area contributed by atoms with Crippen molar-refractivity contribution in [3.05, 3.63) is 29.3 Å². The third-order valence-electron chi connectivity index (χ3n) is 5.12. The molecule has 1 fully saturated rings. The summed E-state index contributed by atoms with van der Waals surface area (Å²) >= 11 is 0. The molecule has 2 aromatic rings. The van der Waals surface area contributed by atoms with Gasteiger partial charge in [-0.2, -0.15) is 4.98 Å². The number of fused-ring (bicyclic) bond motifs is 1. The fourth-order valence-corrected chi connectivity index (χ4v) is 3.77. The van der Waals surface area contributed by atoms with E-state index in [9.17, 15) is 0 Å². The van der Waals surface area contributed by atoms with E-state index in [4.69, 9.17) is 4.52 Å². The fourth-order valence-electron chi connectivity index (χ4n) is 3.77. The van der Waals surface area contributed by atoms with Crippen LogP contribution in [0.4, 0.5) is 5.82 Å². The van der Waals surface area contributed by atoms with Crippen molar-refractivity contribution in [3.8, 4) is 0 Å². The molecule has 0 radical (unpaired) electrons. The van der Waals surface area contributed by atoms with Crippen molar-refractivity contribution in [2.45, 2.75) is 45.6 Å². The Morgan fingerprint density at radius 1 is 1.29 bits per heavy atom. The SMILES string of the molecule is CCN1CCc2ncnc(N3CCC[C@H](c4nc(C)no4)C3)c2C1. The van der Waals surface area contributed by atoms with Crippen molar-refractivity contribution in [3.63, 3.8) is 0 Å². The van der Waals surface area contributed by atoms with Crippen LogP contribution in [0.25, 0.3) is 0 Å². The third-order valence-corrected chi connectivity index (χ3v) is 5.12. The summed E-state index contributed by atoms with van der Waals surface area (Å²) in [4.78, 5) is 18.4. The second kappa shape index (κ2) is 6.47. The lowest BCUT2D eigenvalue weighted by atomic mass is 9.97. The zero-order valence-corrected chi connectivity index (χ0v) is 14.4. The average Bonchev–Trinajstić information content (AvgIpc) is 3.07. The number of nitrogens with zero attached hydrogens (tertiary/aromatic N) is 6. The van der Waals surface area contributed by atoms with E-state index in [-0.39, 0.29) is 5.92 Å². The standard InChI is InChI=1S/C17H24N6O/c1-3-22-8-6-15-14(10-22)16(19-11-18-15)23-7-4-5-13(9-23)17-20-12(2)21-24-17/h11,13H,3-10H2,1-2H3/t13-/m0/s1. The normalized spacial score (nSPS) is 21.8. The molecule has 1 saturated heterocycles. The number of rotatable bonds is 3. The van der Waals surface area contributed by atoms with Crippen molar-refractivity contribution >= 4 is 5.82 Å². The van der Waals surface area contributed by atoms with Crippen LogP contribution in [0.3, 0.4) is 0 Å². The van der Waals surface area contributed by atoms with Crippen LogP contribution in [0, 0.1) is 6.92 Å². The van der Waals surface area contributed by atoms with E-state index in [0.29, 0.717) is 5.82 Å². The van der Waals surface area contributed by atoms with Crippen LogP contribution in [0.15, 0.2) is 10.9 Å². The van der Waals surface area contributed by atoms with Gasteiger partial charge in [0.1, 0.15) is 12.1 Å². The van der Waals surface area contributed by atoms with Crippen molar-refractivity contribution in [2.75, 3.05) is 31.1 Å². The quantitative estimate of drug-likeness (QED) is 0.852. The number of aromatic nitrogens is 4. The van der Waals surface area contributed by atoms with Crippen LogP contribution in [0.1, 0.15) is 48.7 Å². The predicted octanol–water partition coefficient (Wildman–Crippen LogP) is 1.93. The fraction of sp³-hybridized carbons (Fsp3) is 0.647. The number of aryl methyl sites for hydroxylation is 1. The molecule has 1 atom stereocenters. The molecule has 4 heterocycles. The molecular formula is C17H24N6O. The number of hydrogen-bond donors (Lipinski definition) is 0. The highest BCUT2D eigenvalue weighted by Gasteiger charge is 2.29. The zero-order chi connectivity index (χ0) is 16.5. The van der Waals surface area contributed by atoms with Crippen molar-refractivity contribution in [1.29, 1.82) is 0 Å². The lowest BCUT2D eigenvalue weighted by molar-refractivity contribution is 0.265. The Kier molecular flexibility index (Phi) is 4.18. The highest BCUT2D eigenvalue weighted by molar-refractivity contribution is 5.50. The van der Waals surface area contributed by atoms with Gasteiger partial charge in [-0.3, -0.25) is 4.90 Å². The van der Waals surface area contributed by atoms with Crippen LogP contribution in [0.5, 0.6) is 0 Å². The number of likely N-dealkylation sites (N-methyl/N-ethyl adjacent to an activating group) is 1. The van der Waals surface area contributed by atoms with Gasteiger partial charge in [-0.05, 0) is 26.3 Å². The maximum Gasteiger partial charge on any atom is 0.231 e. The molecule has 2 aliphatic heterocycles. The van der Waals surface area contributed by atoms with Gasteiger partial charge in [0, 0.05) is 38.2 Å². The van der Waals surface area contributed by atoms with Gasteiger partial charge in [0.05, 0.1) is 11.6 Å². The summed E-state index contributed by atoms with van der Waals surface area (Å²) in [5.41, 5.74) is 2.51. The molecule has 0 amide bonds. The molecule has 0 bridgehead atoms. The summed E-state index contributed by atoms with van der Waals surface area (Å²) in [6, 6.07) is 0. The summed E-state index contributed by atoms with van der Waals surface area (Å²) in [7, 11) is 0. The first-order valence-corrected chi connectivity index (χ1v) is 8.85. The molecule has 0 aromatic carbocycles. The Morgan fingerprint density at radius 3 is 3.00 bits per heavy atom. The molecule has 0 spiro atoms. The third kappa shape index (κ3) is 2.88. The van der Waals surface area contributed by atoms with Gasteiger partial charge in [0.15, 0.2) is 5.82 Å². The Bertz CT molecular complexity index is 715. The number of anilines is 1. The lowest BCUT2D eigenvalue weighted by Crippen LogP contribution is -2.38. The van der Waals surface area contributed by atoms with Gasteiger partial charge in [-0.15, -0.1) is 0 Å². The van der Waals surface area contributed by atoms with E-state index < -0.39 is 0 Å². The van der Waals surface area contributed by atoms with Crippen molar-refractivity contribution in [2.24, 2.45) is 0 Å². The number of piperidine rings is 1. The zero-order valence-electron chi connectivity index (χ0n) is 14.4.